The Labute approximate surface area is 191 Å². The molecule has 0 bridgehead atoms. The number of hydrogen-bond acceptors (Lipinski definition) is 6. The van der Waals surface area contributed by atoms with Crippen molar-refractivity contribution >= 4 is 44.8 Å². The van der Waals surface area contributed by atoms with E-state index in [0.717, 1.165) is 0 Å². The first-order chi connectivity index (χ1) is 14.8. The number of nitrogens with one attached hydrogen (secondary N) is 1. The van der Waals surface area contributed by atoms with E-state index in [9.17, 15) is 13.2 Å². The van der Waals surface area contributed by atoms with Crippen LogP contribution in [0.4, 0.5) is 5.69 Å². The second-order valence-corrected chi connectivity index (χ2v) is 9.29. The van der Waals surface area contributed by atoms with E-state index in [1.54, 1.807) is 25.3 Å². The van der Waals surface area contributed by atoms with Crippen molar-refractivity contribution in [2.45, 2.75) is 4.90 Å². The van der Waals surface area contributed by atoms with Crippen molar-refractivity contribution in [3.8, 4) is 5.75 Å². The maximum Gasteiger partial charge on any atom is 0.255 e. The molecule has 0 aliphatic carbocycles. The van der Waals surface area contributed by atoms with Gasteiger partial charge in [0.05, 0.1) is 35.6 Å². The number of rotatable bonds is 8. The van der Waals surface area contributed by atoms with E-state index in [1.165, 1.54) is 22.5 Å². The number of halogens is 2. The molecule has 0 saturated carbocycles. The standard InChI is InChI=1S/C20H22Cl2N2O6S/c1-28-11-12-30-19-16(22)3-2-4-17(19)23-20(25)14-5-6-15(21)18(13-14)31(26,27)24-7-9-29-10-8-24/h2-6,13H,7-12H2,1H3,(H,23,25). The molecule has 1 heterocycles. The summed E-state index contributed by atoms with van der Waals surface area (Å²) in [5.74, 6) is -0.237. The lowest BCUT2D eigenvalue weighted by molar-refractivity contribution is 0.0730. The van der Waals surface area contributed by atoms with Crippen molar-refractivity contribution in [3.05, 3.63) is 52.0 Å². The summed E-state index contributed by atoms with van der Waals surface area (Å²) in [4.78, 5) is 12.7. The summed E-state index contributed by atoms with van der Waals surface area (Å²) in [7, 11) is -2.33. The van der Waals surface area contributed by atoms with Crippen LogP contribution in [0.2, 0.25) is 10.0 Å². The molecule has 8 nitrogen and oxygen atoms in total. The van der Waals surface area contributed by atoms with Crippen molar-refractivity contribution < 1.29 is 27.4 Å². The monoisotopic (exact) mass is 488 g/mol. The SMILES string of the molecule is COCCOc1c(Cl)cccc1NC(=O)c1ccc(Cl)c(S(=O)(=O)N2CCOCC2)c1. The van der Waals surface area contributed by atoms with Crippen LogP contribution in [-0.4, -0.2) is 65.3 Å². The van der Waals surface area contributed by atoms with E-state index in [0.29, 0.717) is 36.3 Å². The number of ether oxygens (including phenoxy) is 3. The lowest BCUT2D eigenvalue weighted by Crippen LogP contribution is -2.40. The fraction of sp³-hybridized carbons (Fsp3) is 0.350. The third-order valence-corrected chi connectivity index (χ3v) is 7.21. The van der Waals surface area contributed by atoms with Crippen molar-refractivity contribution in [2.75, 3.05) is 51.9 Å². The van der Waals surface area contributed by atoms with Gasteiger partial charge in [0.15, 0.2) is 5.75 Å². The minimum atomic E-state index is -3.87. The average Bonchev–Trinajstić information content (AvgIpc) is 2.76. The predicted octanol–water partition coefficient (Wildman–Crippen LogP) is 3.29. The second-order valence-electron chi connectivity index (χ2n) is 6.57. The maximum absolute atomic E-state index is 13.0. The zero-order valence-corrected chi connectivity index (χ0v) is 19.1. The van der Waals surface area contributed by atoms with E-state index in [4.69, 9.17) is 37.4 Å². The van der Waals surface area contributed by atoms with Crippen molar-refractivity contribution in [1.29, 1.82) is 0 Å². The number of benzene rings is 2. The Balaban J connectivity index is 1.85. The highest BCUT2D eigenvalue weighted by Crippen LogP contribution is 2.33. The first kappa shape index (κ1) is 23.8. The van der Waals surface area contributed by atoms with E-state index < -0.39 is 15.9 Å². The minimum absolute atomic E-state index is 0.0365. The van der Waals surface area contributed by atoms with Gasteiger partial charge in [-0.2, -0.15) is 4.31 Å². The Morgan fingerprint density at radius 1 is 1.13 bits per heavy atom. The van der Waals surface area contributed by atoms with Gasteiger partial charge in [-0.3, -0.25) is 4.79 Å². The Bertz CT molecular complexity index is 1040. The van der Waals surface area contributed by atoms with Crippen LogP contribution in [0.1, 0.15) is 10.4 Å². The number of nitrogens with zero attached hydrogens (tertiary/aromatic N) is 1. The van der Waals surface area contributed by atoms with Crippen LogP contribution in [0.3, 0.4) is 0 Å². The van der Waals surface area contributed by atoms with Crippen molar-refractivity contribution in [2.24, 2.45) is 0 Å². The molecular formula is C20H22Cl2N2O6S. The molecule has 0 spiro atoms. The highest BCUT2D eigenvalue weighted by atomic mass is 35.5. The first-order valence-electron chi connectivity index (χ1n) is 9.43. The van der Waals surface area contributed by atoms with Gasteiger partial charge < -0.3 is 19.5 Å². The Kier molecular flexibility index (Phi) is 8.15. The normalized spacial score (nSPS) is 14.9. The molecule has 0 aromatic heterocycles. The molecule has 1 amide bonds. The molecule has 31 heavy (non-hydrogen) atoms. The summed E-state index contributed by atoms with van der Waals surface area (Å²) in [6.45, 7) is 1.64. The van der Waals surface area contributed by atoms with Crippen LogP contribution in [-0.2, 0) is 19.5 Å². The number of anilines is 1. The Hall–Kier alpha value is -1.88. The van der Waals surface area contributed by atoms with Crippen LogP contribution in [0.25, 0.3) is 0 Å². The van der Waals surface area contributed by atoms with E-state index >= 15 is 0 Å². The van der Waals surface area contributed by atoms with Crippen molar-refractivity contribution in [1.82, 2.24) is 4.31 Å². The average molecular weight is 489 g/mol. The number of para-hydroxylation sites is 1. The van der Waals surface area contributed by atoms with Crippen LogP contribution in [0, 0.1) is 0 Å². The summed E-state index contributed by atoms with van der Waals surface area (Å²) in [6.07, 6.45) is 0. The fourth-order valence-corrected chi connectivity index (χ4v) is 5.08. The zero-order valence-electron chi connectivity index (χ0n) is 16.8. The molecule has 1 aliphatic rings. The number of morpholine rings is 1. The van der Waals surface area contributed by atoms with Gasteiger partial charge in [-0.25, -0.2) is 8.42 Å². The molecular weight excluding hydrogens is 467 g/mol. The highest BCUT2D eigenvalue weighted by molar-refractivity contribution is 7.89. The Morgan fingerprint density at radius 2 is 1.87 bits per heavy atom. The molecule has 1 saturated heterocycles. The lowest BCUT2D eigenvalue weighted by Gasteiger charge is -2.26. The number of carbonyl (C=O) groups excluding carboxylic acids is 1. The van der Waals surface area contributed by atoms with E-state index in [2.05, 4.69) is 5.32 Å². The third-order valence-electron chi connectivity index (χ3n) is 4.53. The summed E-state index contributed by atoms with van der Waals surface area (Å²) >= 11 is 12.4. The number of sulfonamides is 1. The number of methoxy groups -OCH3 is 1. The summed E-state index contributed by atoms with van der Waals surface area (Å²) in [5.41, 5.74) is 0.472. The third kappa shape index (κ3) is 5.68. The molecule has 2 aromatic carbocycles. The van der Waals surface area contributed by atoms with Crippen LogP contribution < -0.4 is 10.1 Å². The zero-order chi connectivity index (χ0) is 22.4. The quantitative estimate of drug-likeness (QED) is 0.572. The molecule has 0 atom stereocenters. The van der Waals surface area contributed by atoms with Gasteiger partial charge in [-0.15, -0.1) is 0 Å². The Morgan fingerprint density at radius 3 is 2.58 bits per heavy atom. The second kappa shape index (κ2) is 10.6. The molecule has 2 aromatic rings. The van der Waals surface area contributed by atoms with Gasteiger partial charge in [0.25, 0.3) is 5.91 Å². The molecule has 0 radical (unpaired) electrons. The molecule has 11 heteroatoms. The van der Waals surface area contributed by atoms with Gasteiger partial charge in [0, 0.05) is 25.8 Å². The molecule has 168 valence electrons. The lowest BCUT2D eigenvalue weighted by atomic mass is 10.2. The molecule has 0 unspecified atom stereocenters. The largest absolute Gasteiger partial charge is 0.487 e. The number of amides is 1. The van der Waals surface area contributed by atoms with E-state index in [-0.39, 0.29) is 35.2 Å². The van der Waals surface area contributed by atoms with Gasteiger partial charge in [0.1, 0.15) is 11.5 Å². The van der Waals surface area contributed by atoms with Gasteiger partial charge in [-0.1, -0.05) is 29.3 Å². The van der Waals surface area contributed by atoms with Crippen LogP contribution in [0.15, 0.2) is 41.3 Å². The summed E-state index contributed by atoms with van der Waals surface area (Å²) in [5, 5.41) is 3.07. The number of carbonyl (C=O) groups is 1. The first-order valence-corrected chi connectivity index (χ1v) is 11.6. The van der Waals surface area contributed by atoms with Crippen molar-refractivity contribution in [3.63, 3.8) is 0 Å². The van der Waals surface area contributed by atoms with Crippen LogP contribution in [0.5, 0.6) is 5.75 Å². The van der Waals surface area contributed by atoms with Crippen LogP contribution >= 0.6 is 23.2 Å². The van der Waals surface area contributed by atoms with Gasteiger partial charge in [0.2, 0.25) is 10.0 Å². The smallest absolute Gasteiger partial charge is 0.255 e. The maximum atomic E-state index is 13.0. The molecule has 3 rings (SSSR count). The predicted molar refractivity (Wildman–Crippen MR) is 118 cm³/mol. The topological polar surface area (TPSA) is 94.2 Å². The van der Waals surface area contributed by atoms with E-state index in [1.807, 2.05) is 0 Å². The molecule has 1 aliphatic heterocycles. The van der Waals surface area contributed by atoms with Gasteiger partial charge >= 0.3 is 0 Å². The summed E-state index contributed by atoms with van der Waals surface area (Å²) in [6, 6.07) is 9.03. The molecule has 1 N–H and O–H groups in total. The summed E-state index contributed by atoms with van der Waals surface area (Å²) < 4.78 is 43.1. The fourth-order valence-electron chi connectivity index (χ4n) is 2.94. The minimum Gasteiger partial charge on any atom is -0.487 e. The van der Waals surface area contributed by atoms with Gasteiger partial charge in [-0.05, 0) is 30.3 Å². The number of hydrogen-bond donors (Lipinski definition) is 1. The molecule has 1 fully saturated rings. The highest BCUT2D eigenvalue weighted by Gasteiger charge is 2.29.